The Balaban J connectivity index is 1.59. The Morgan fingerprint density at radius 1 is 1.12 bits per heavy atom. The van der Waals surface area contributed by atoms with Crippen LogP contribution in [0.1, 0.15) is 74.3 Å². The molecule has 6 heteroatoms. The minimum absolute atomic E-state index is 0.00671. The van der Waals surface area contributed by atoms with Crippen molar-refractivity contribution in [1.29, 1.82) is 0 Å². The van der Waals surface area contributed by atoms with Crippen molar-refractivity contribution in [2.45, 2.75) is 76.3 Å². The Kier molecular flexibility index (Phi) is 8.10. The molecular formula is C26H33N3O2S. The second-order valence-corrected chi connectivity index (χ2v) is 9.91. The third-order valence-electron chi connectivity index (χ3n) is 6.57. The molecule has 4 rings (SSSR count). The number of carbonyl (C=O) groups is 2. The van der Waals surface area contributed by atoms with Crippen molar-refractivity contribution in [3.63, 3.8) is 0 Å². The fourth-order valence-electron chi connectivity index (χ4n) is 4.83. The van der Waals surface area contributed by atoms with Gasteiger partial charge in [0.05, 0.1) is 6.42 Å². The predicted octanol–water partition coefficient (Wildman–Crippen LogP) is 5.20. The summed E-state index contributed by atoms with van der Waals surface area (Å²) in [5.74, 6) is -0.0625. The van der Waals surface area contributed by atoms with Crippen LogP contribution < -0.4 is 5.32 Å². The van der Waals surface area contributed by atoms with E-state index >= 15 is 0 Å². The number of carbonyl (C=O) groups excluding carboxylic acids is 2. The molecule has 1 atom stereocenters. The molecule has 2 heterocycles. The van der Waals surface area contributed by atoms with Crippen molar-refractivity contribution in [3.05, 3.63) is 64.1 Å². The van der Waals surface area contributed by atoms with Crippen molar-refractivity contribution < 1.29 is 9.59 Å². The third kappa shape index (κ3) is 6.06. The number of allylic oxidation sites excluding steroid dienone is 1. The smallest absolute Gasteiger partial charge is 0.247 e. The summed E-state index contributed by atoms with van der Waals surface area (Å²) in [6.07, 6.45) is 15.9. The highest BCUT2D eigenvalue weighted by Gasteiger charge is 2.33. The van der Waals surface area contributed by atoms with Gasteiger partial charge in [-0.15, -0.1) is 11.3 Å². The van der Waals surface area contributed by atoms with Crippen LogP contribution in [0.5, 0.6) is 0 Å². The van der Waals surface area contributed by atoms with Crippen LogP contribution in [0.2, 0.25) is 0 Å². The topological polar surface area (TPSA) is 62.3 Å². The number of amides is 2. The Hall–Kier alpha value is -2.47. The summed E-state index contributed by atoms with van der Waals surface area (Å²) in [6, 6.07) is 7.27. The molecule has 5 nitrogen and oxygen atoms in total. The highest BCUT2D eigenvalue weighted by Crippen LogP contribution is 2.27. The Labute approximate surface area is 194 Å². The van der Waals surface area contributed by atoms with Gasteiger partial charge in [0.15, 0.2) is 0 Å². The molecule has 2 aliphatic rings. The summed E-state index contributed by atoms with van der Waals surface area (Å²) in [4.78, 5) is 34.1. The molecule has 0 aromatic carbocycles. The number of rotatable bonds is 9. The second-order valence-electron chi connectivity index (χ2n) is 8.87. The van der Waals surface area contributed by atoms with Gasteiger partial charge in [-0.05, 0) is 74.1 Å². The van der Waals surface area contributed by atoms with E-state index in [1.165, 1.54) is 18.4 Å². The molecule has 0 saturated heterocycles. The van der Waals surface area contributed by atoms with Gasteiger partial charge in [-0.25, -0.2) is 0 Å². The summed E-state index contributed by atoms with van der Waals surface area (Å²) in [7, 11) is 0. The number of nitrogens with zero attached hydrogens (tertiary/aromatic N) is 2. The van der Waals surface area contributed by atoms with Crippen molar-refractivity contribution in [3.8, 4) is 0 Å². The Bertz CT molecular complexity index is 904. The molecule has 0 radical (unpaired) electrons. The van der Waals surface area contributed by atoms with Gasteiger partial charge < -0.3 is 10.2 Å². The van der Waals surface area contributed by atoms with Crippen molar-refractivity contribution >= 4 is 23.2 Å². The predicted molar refractivity (Wildman–Crippen MR) is 128 cm³/mol. The minimum Gasteiger partial charge on any atom is -0.351 e. The van der Waals surface area contributed by atoms with Gasteiger partial charge >= 0.3 is 0 Å². The van der Waals surface area contributed by atoms with Gasteiger partial charge in [0.2, 0.25) is 11.8 Å². The zero-order valence-electron chi connectivity index (χ0n) is 18.7. The number of pyridine rings is 1. The SMILES string of the molecule is O=C(NC1CCCC1)[C@H](c1ccncc1)N(CCC1=CCCCC1)C(=O)Cc1cccs1. The minimum atomic E-state index is -0.629. The van der Waals surface area contributed by atoms with Gasteiger partial charge in [-0.3, -0.25) is 14.6 Å². The monoisotopic (exact) mass is 451 g/mol. The lowest BCUT2D eigenvalue weighted by Crippen LogP contribution is -2.47. The lowest BCUT2D eigenvalue weighted by Gasteiger charge is -2.33. The maximum absolute atomic E-state index is 13.6. The quantitative estimate of drug-likeness (QED) is 0.533. The standard InChI is InChI=1S/C26H33N3O2S/c30-24(19-23-11-6-18-32-23)29(17-14-20-7-2-1-3-8-20)25(21-12-15-27-16-13-21)26(31)28-22-9-4-5-10-22/h6-7,11-13,15-16,18,22,25H,1-5,8-10,14,17,19H2,(H,28,31)/t25-/m0/s1. The molecule has 1 N–H and O–H groups in total. The maximum Gasteiger partial charge on any atom is 0.247 e. The lowest BCUT2D eigenvalue weighted by atomic mass is 9.96. The average molecular weight is 452 g/mol. The van der Waals surface area contributed by atoms with E-state index in [0.29, 0.717) is 13.0 Å². The Morgan fingerprint density at radius 3 is 2.62 bits per heavy atom. The third-order valence-corrected chi connectivity index (χ3v) is 7.44. The first-order valence-electron chi connectivity index (χ1n) is 11.9. The van der Waals surface area contributed by atoms with Crippen LogP contribution in [-0.2, 0) is 16.0 Å². The van der Waals surface area contributed by atoms with E-state index in [4.69, 9.17) is 0 Å². The van der Waals surface area contributed by atoms with Gasteiger partial charge in [-0.1, -0.05) is 30.6 Å². The van der Waals surface area contributed by atoms with Crippen LogP contribution in [0.25, 0.3) is 0 Å². The first-order valence-corrected chi connectivity index (χ1v) is 12.8. The summed E-state index contributed by atoms with van der Waals surface area (Å²) in [5, 5.41) is 5.24. The molecule has 0 spiro atoms. The van der Waals surface area contributed by atoms with E-state index in [1.807, 2.05) is 34.5 Å². The largest absolute Gasteiger partial charge is 0.351 e. The molecular weight excluding hydrogens is 418 g/mol. The fraction of sp³-hybridized carbons (Fsp3) is 0.500. The van der Waals surface area contributed by atoms with Crippen molar-refractivity contribution in [2.24, 2.45) is 0 Å². The molecule has 2 amide bonds. The molecule has 2 aliphatic carbocycles. The van der Waals surface area contributed by atoms with E-state index in [9.17, 15) is 9.59 Å². The number of thiophene rings is 1. The lowest BCUT2D eigenvalue weighted by molar-refractivity contribution is -0.140. The van der Waals surface area contributed by atoms with E-state index < -0.39 is 6.04 Å². The van der Waals surface area contributed by atoms with E-state index in [2.05, 4.69) is 16.4 Å². The molecule has 1 fully saturated rings. The average Bonchev–Trinajstić information content (AvgIpc) is 3.52. The molecule has 1 saturated carbocycles. The summed E-state index contributed by atoms with van der Waals surface area (Å²) in [5.41, 5.74) is 2.24. The highest BCUT2D eigenvalue weighted by molar-refractivity contribution is 7.10. The van der Waals surface area contributed by atoms with Crippen LogP contribution in [0.3, 0.4) is 0 Å². The zero-order valence-corrected chi connectivity index (χ0v) is 19.5. The van der Waals surface area contributed by atoms with Crippen molar-refractivity contribution in [1.82, 2.24) is 15.2 Å². The first kappa shape index (κ1) is 22.7. The normalized spacial score (nSPS) is 17.6. The Morgan fingerprint density at radius 2 is 1.94 bits per heavy atom. The van der Waals surface area contributed by atoms with Gasteiger partial charge in [0.1, 0.15) is 6.04 Å². The zero-order chi connectivity index (χ0) is 22.2. The summed E-state index contributed by atoms with van der Waals surface area (Å²) in [6.45, 7) is 0.557. The highest BCUT2D eigenvalue weighted by atomic mass is 32.1. The number of aromatic nitrogens is 1. The summed E-state index contributed by atoms with van der Waals surface area (Å²) < 4.78 is 0. The van der Waals surface area contributed by atoms with Crippen LogP contribution in [-0.4, -0.2) is 34.3 Å². The number of hydrogen-bond donors (Lipinski definition) is 1. The van der Waals surface area contributed by atoms with Gasteiger partial charge in [0.25, 0.3) is 0 Å². The fourth-order valence-corrected chi connectivity index (χ4v) is 5.52. The van der Waals surface area contributed by atoms with Gasteiger partial charge in [0, 0.05) is 29.9 Å². The maximum atomic E-state index is 13.6. The molecule has 170 valence electrons. The van der Waals surface area contributed by atoms with Crippen LogP contribution in [0.15, 0.2) is 53.7 Å². The number of hydrogen-bond acceptors (Lipinski definition) is 4. The molecule has 0 unspecified atom stereocenters. The summed E-state index contributed by atoms with van der Waals surface area (Å²) >= 11 is 1.59. The van der Waals surface area contributed by atoms with Crippen molar-refractivity contribution in [2.75, 3.05) is 6.54 Å². The van der Waals surface area contributed by atoms with Crippen LogP contribution in [0.4, 0.5) is 0 Å². The second kappa shape index (κ2) is 11.4. The van der Waals surface area contributed by atoms with Crippen LogP contribution >= 0.6 is 11.3 Å². The van der Waals surface area contributed by atoms with E-state index in [1.54, 1.807) is 23.7 Å². The molecule has 2 aromatic rings. The molecule has 0 aliphatic heterocycles. The molecule has 0 bridgehead atoms. The molecule has 2 aromatic heterocycles. The number of nitrogens with one attached hydrogen (secondary N) is 1. The van der Waals surface area contributed by atoms with E-state index in [0.717, 1.165) is 55.4 Å². The van der Waals surface area contributed by atoms with Crippen LogP contribution in [0, 0.1) is 0 Å². The van der Waals surface area contributed by atoms with Gasteiger partial charge in [-0.2, -0.15) is 0 Å². The van der Waals surface area contributed by atoms with E-state index in [-0.39, 0.29) is 17.9 Å². The first-order chi connectivity index (χ1) is 15.7. The molecule has 32 heavy (non-hydrogen) atoms.